The predicted molar refractivity (Wildman–Crippen MR) is 224 cm³/mol. The summed E-state index contributed by atoms with van der Waals surface area (Å²) in [4.78, 5) is 11.8. The second-order valence-corrected chi connectivity index (χ2v) is 18.3. The molecule has 0 N–H and O–H groups in total. The lowest BCUT2D eigenvalue weighted by molar-refractivity contribution is 0.123. The molecule has 5 heteroatoms. The maximum absolute atomic E-state index is 2.47. The predicted octanol–water partition coefficient (Wildman–Crippen LogP) is 11.0. The summed E-state index contributed by atoms with van der Waals surface area (Å²) in [6.45, 7) is 52.4. The summed E-state index contributed by atoms with van der Waals surface area (Å²) in [5.74, 6) is 0. The molecule has 5 nitrogen and oxygen atoms in total. The largest absolute Gasteiger partial charge is 0.305 e. The van der Waals surface area contributed by atoms with Crippen LogP contribution in [0.1, 0.15) is 157 Å². The Morgan fingerprint density at radius 1 is 0.479 bits per heavy atom. The van der Waals surface area contributed by atoms with Crippen molar-refractivity contribution in [1.29, 1.82) is 0 Å². The lowest BCUT2D eigenvalue weighted by Gasteiger charge is -2.36. The highest BCUT2D eigenvalue weighted by Crippen LogP contribution is 2.17. The van der Waals surface area contributed by atoms with Gasteiger partial charge in [0.05, 0.1) is 0 Å². The smallest absolute Gasteiger partial charge is 0.0238 e. The Morgan fingerprint density at radius 3 is 0.979 bits per heavy atom. The van der Waals surface area contributed by atoms with E-state index in [-0.39, 0.29) is 5.54 Å². The zero-order chi connectivity index (χ0) is 39.3. The van der Waals surface area contributed by atoms with Gasteiger partial charge in [-0.3, -0.25) is 14.7 Å². The van der Waals surface area contributed by atoms with Gasteiger partial charge in [-0.05, 0) is 177 Å². The number of hydrogen-bond donors (Lipinski definition) is 0. The Hall–Kier alpha value is -0.980. The van der Waals surface area contributed by atoms with Crippen LogP contribution in [0.15, 0.2) is 30.3 Å². The van der Waals surface area contributed by atoms with Crippen molar-refractivity contribution in [3.63, 3.8) is 0 Å². The monoisotopic (exact) mass is 680 g/mol. The molecule has 1 aromatic carbocycles. The number of hydrogen-bond acceptors (Lipinski definition) is 5. The molecule has 0 heterocycles. The fourth-order valence-corrected chi connectivity index (χ4v) is 4.21. The quantitative estimate of drug-likeness (QED) is 0.271. The van der Waals surface area contributed by atoms with E-state index in [9.17, 15) is 0 Å². The molecule has 0 aromatic heterocycles. The molecule has 0 amide bonds. The van der Waals surface area contributed by atoms with E-state index in [1.807, 2.05) is 0 Å². The van der Waals surface area contributed by atoms with Gasteiger partial charge in [-0.25, -0.2) is 0 Å². The molecule has 1 unspecified atom stereocenters. The summed E-state index contributed by atoms with van der Waals surface area (Å²) in [6, 6.07) is 11.3. The average Bonchev–Trinajstić information content (AvgIpc) is 2.94. The van der Waals surface area contributed by atoms with Crippen molar-refractivity contribution in [2.45, 2.75) is 192 Å². The number of nitrogens with zero attached hydrogens (tertiary/aromatic N) is 5. The molecule has 0 fully saturated rings. The molecule has 0 saturated heterocycles. The summed E-state index contributed by atoms with van der Waals surface area (Å²) in [5.41, 5.74) is 2.99. The van der Waals surface area contributed by atoms with Crippen molar-refractivity contribution in [2.75, 3.05) is 54.4 Å². The van der Waals surface area contributed by atoms with E-state index < -0.39 is 0 Å². The van der Waals surface area contributed by atoms with Gasteiger partial charge in [-0.1, -0.05) is 65.0 Å². The fourth-order valence-electron chi connectivity index (χ4n) is 4.21. The van der Waals surface area contributed by atoms with Crippen LogP contribution in [0.3, 0.4) is 0 Å². The SMILES string of the molecule is CCC(C)N(C)C(C)(C)C.CCN(C)C(C)(C)C.CCN(CC)C(C)(C)C.CCN(Cc1ccccc1)C(C)(C)C.CN(C)C(C)(C)C. The van der Waals surface area contributed by atoms with E-state index in [2.05, 4.69) is 228 Å². The molecule has 1 aromatic rings. The molecule has 0 spiro atoms. The average molecular weight is 680 g/mol. The third-order valence-corrected chi connectivity index (χ3v) is 9.53. The van der Waals surface area contributed by atoms with Crippen molar-refractivity contribution < 1.29 is 0 Å². The van der Waals surface area contributed by atoms with E-state index in [0.717, 1.165) is 32.7 Å². The van der Waals surface area contributed by atoms with Gasteiger partial charge in [0.2, 0.25) is 0 Å². The van der Waals surface area contributed by atoms with Crippen LogP contribution in [-0.4, -0.2) is 113 Å². The maximum atomic E-state index is 2.47. The minimum atomic E-state index is 0.255. The van der Waals surface area contributed by atoms with Crippen molar-refractivity contribution in [3.8, 4) is 0 Å². The van der Waals surface area contributed by atoms with E-state index >= 15 is 0 Å². The molecule has 0 bridgehead atoms. The number of rotatable bonds is 8. The zero-order valence-electron chi connectivity index (χ0n) is 37.9. The number of benzene rings is 1. The minimum absolute atomic E-state index is 0.255. The van der Waals surface area contributed by atoms with Crippen LogP contribution in [-0.2, 0) is 6.54 Å². The van der Waals surface area contributed by atoms with Crippen LogP contribution < -0.4 is 0 Å². The van der Waals surface area contributed by atoms with Crippen LogP contribution in [0.4, 0.5) is 0 Å². The molecule has 290 valence electrons. The topological polar surface area (TPSA) is 16.2 Å². The summed E-state index contributed by atoms with van der Waals surface area (Å²) in [6.07, 6.45) is 1.23. The second-order valence-electron chi connectivity index (χ2n) is 18.3. The van der Waals surface area contributed by atoms with Crippen LogP contribution in [0.2, 0.25) is 0 Å². The zero-order valence-corrected chi connectivity index (χ0v) is 37.9. The Labute approximate surface area is 306 Å². The summed E-state index contributed by atoms with van der Waals surface area (Å²) >= 11 is 0. The first kappa shape index (κ1) is 53.8. The molecular weight excluding hydrogens is 587 g/mol. The summed E-state index contributed by atoms with van der Waals surface area (Å²) < 4.78 is 0. The molecule has 0 radical (unpaired) electrons. The van der Waals surface area contributed by atoms with E-state index in [0.29, 0.717) is 28.2 Å². The van der Waals surface area contributed by atoms with Crippen LogP contribution in [0.25, 0.3) is 0 Å². The van der Waals surface area contributed by atoms with Crippen molar-refractivity contribution in [3.05, 3.63) is 35.9 Å². The highest BCUT2D eigenvalue weighted by atomic mass is 15.2. The molecule has 0 aliphatic heterocycles. The van der Waals surface area contributed by atoms with Gasteiger partial charge in [0.1, 0.15) is 0 Å². The third-order valence-electron chi connectivity index (χ3n) is 9.53. The molecule has 48 heavy (non-hydrogen) atoms. The second kappa shape index (κ2) is 25.1. The van der Waals surface area contributed by atoms with Gasteiger partial charge in [-0.15, -0.1) is 0 Å². The lowest BCUT2D eigenvalue weighted by Crippen LogP contribution is -2.43. The standard InChI is InChI=1S/C13H21N.C9H21N.C8H19N.C7H17N.C6H15N/c1-5-14(13(2,3)4)11-12-9-7-6-8-10-12;1-7-8(2)10(6)9(3,4)5;1-6-9(7-2)8(3,4)5;1-6-8(5)7(2,3)4;1-6(2,3)7(4)5/h6-10H,5,11H2,1-4H3;8H,7H2,1-6H3;6-7H2,1-5H3;6H2,1-5H3;1-5H3. The highest BCUT2D eigenvalue weighted by molar-refractivity contribution is 5.14. The first-order valence-corrected chi connectivity index (χ1v) is 19.0. The Balaban J connectivity index is -0.000000259. The van der Waals surface area contributed by atoms with Gasteiger partial charge in [0, 0.05) is 40.3 Å². The fraction of sp³-hybridized carbons (Fsp3) is 0.860. The Bertz CT molecular complexity index is 841. The van der Waals surface area contributed by atoms with Crippen molar-refractivity contribution in [2.24, 2.45) is 0 Å². The normalized spacial score (nSPS) is 13.2. The first-order valence-electron chi connectivity index (χ1n) is 19.0. The van der Waals surface area contributed by atoms with Gasteiger partial charge in [-0.2, -0.15) is 0 Å². The molecule has 0 saturated carbocycles. The molecule has 0 aliphatic rings. The van der Waals surface area contributed by atoms with E-state index in [1.54, 1.807) is 0 Å². The van der Waals surface area contributed by atoms with Gasteiger partial charge in [0.15, 0.2) is 0 Å². The summed E-state index contributed by atoms with van der Waals surface area (Å²) in [7, 11) is 8.49. The summed E-state index contributed by atoms with van der Waals surface area (Å²) in [5, 5.41) is 0. The van der Waals surface area contributed by atoms with Crippen molar-refractivity contribution in [1.82, 2.24) is 24.5 Å². The molecular formula is C43H93N5. The lowest BCUT2D eigenvalue weighted by atomic mass is 10.0. The first-order chi connectivity index (χ1) is 21.4. The van der Waals surface area contributed by atoms with E-state index in [4.69, 9.17) is 0 Å². The van der Waals surface area contributed by atoms with Crippen LogP contribution in [0.5, 0.6) is 0 Å². The minimum Gasteiger partial charge on any atom is -0.305 e. The molecule has 0 aliphatic carbocycles. The Morgan fingerprint density at radius 2 is 0.833 bits per heavy atom. The Kier molecular flexibility index (Phi) is 28.1. The van der Waals surface area contributed by atoms with Gasteiger partial charge >= 0.3 is 0 Å². The highest BCUT2D eigenvalue weighted by Gasteiger charge is 2.21. The molecule has 1 atom stereocenters. The maximum Gasteiger partial charge on any atom is 0.0238 e. The third kappa shape index (κ3) is 28.8. The van der Waals surface area contributed by atoms with Gasteiger partial charge < -0.3 is 9.80 Å². The molecule has 1 rings (SSSR count). The van der Waals surface area contributed by atoms with Gasteiger partial charge in [0.25, 0.3) is 0 Å². The van der Waals surface area contributed by atoms with Crippen molar-refractivity contribution >= 4 is 0 Å². The van der Waals surface area contributed by atoms with E-state index in [1.165, 1.54) is 12.0 Å². The van der Waals surface area contributed by atoms with Crippen LogP contribution >= 0.6 is 0 Å². The van der Waals surface area contributed by atoms with Crippen LogP contribution in [0, 0.1) is 0 Å².